The quantitative estimate of drug-likeness (QED) is 0.376. The molecule has 0 fully saturated rings. The van der Waals surface area contributed by atoms with Gasteiger partial charge < -0.3 is 21.6 Å². The van der Waals surface area contributed by atoms with Crippen molar-refractivity contribution in [2.24, 2.45) is 11.5 Å². The fourth-order valence-electron chi connectivity index (χ4n) is 1.54. The van der Waals surface area contributed by atoms with Gasteiger partial charge in [0.15, 0.2) is 11.5 Å². The third-order valence-electron chi connectivity index (χ3n) is 2.33. The highest BCUT2D eigenvalue weighted by molar-refractivity contribution is 5.30. The van der Waals surface area contributed by atoms with E-state index in [0.717, 1.165) is 12.8 Å². The zero-order valence-corrected chi connectivity index (χ0v) is 9.27. The van der Waals surface area contributed by atoms with E-state index in [4.69, 9.17) is 11.5 Å². The van der Waals surface area contributed by atoms with Crippen molar-refractivity contribution in [3.63, 3.8) is 0 Å². The molecule has 7 heteroatoms. The van der Waals surface area contributed by atoms with E-state index in [1.54, 1.807) is 6.92 Å². The van der Waals surface area contributed by atoms with Gasteiger partial charge in [-0.15, -0.1) is 0 Å². The molecule has 7 nitrogen and oxygen atoms in total. The monoisotopic (exact) mass is 227 g/mol. The molecule has 0 bridgehead atoms. The van der Waals surface area contributed by atoms with E-state index in [-0.39, 0.29) is 5.82 Å². The third kappa shape index (κ3) is 3.01. The number of aromatic amines is 1. The first-order chi connectivity index (χ1) is 7.56. The van der Waals surface area contributed by atoms with Crippen molar-refractivity contribution in [3.8, 4) is 0 Å². The first kappa shape index (κ1) is 12.6. The first-order valence-corrected chi connectivity index (χ1v) is 5.22. The Morgan fingerprint density at radius 2 is 2.25 bits per heavy atom. The summed E-state index contributed by atoms with van der Waals surface area (Å²) in [6.45, 7) is 2.28. The normalized spacial score (nSPS) is 12.7. The molecule has 0 spiro atoms. The highest BCUT2D eigenvalue weighted by Gasteiger charge is 2.23. The Labute approximate surface area is 93.4 Å². The average molecular weight is 227 g/mol. The van der Waals surface area contributed by atoms with Gasteiger partial charge in [0, 0.05) is 6.92 Å². The van der Waals surface area contributed by atoms with Crippen LogP contribution in [0.2, 0.25) is 0 Å². The number of unbranched alkanes of at least 4 members (excludes halogenated alkanes) is 1. The van der Waals surface area contributed by atoms with Gasteiger partial charge >= 0.3 is 5.82 Å². The summed E-state index contributed by atoms with van der Waals surface area (Å²) in [4.78, 5) is 16.9. The highest BCUT2D eigenvalue weighted by atomic mass is 16.6. The fourth-order valence-corrected chi connectivity index (χ4v) is 1.54. The summed E-state index contributed by atoms with van der Waals surface area (Å²) in [6, 6.07) is -0.406. The minimum absolute atomic E-state index is 0.0993. The Morgan fingerprint density at radius 1 is 1.56 bits per heavy atom. The van der Waals surface area contributed by atoms with Gasteiger partial charge in [0.2, 0.25) is 0 Å². The van der Waals surface area contributed by atoms with Crippen LogP contribution in [-0.2, 0) is 0 Å². The largest absolute Gasteiger partial charge is 0.358 e. The molecule has 0 radical (unpaired) electrons. The molecular formula is C9H17N5O2. The Morgan fingerprint density at radius 3 is 2.81 bits per heavy atom. The molecule has 0 aliphatic heterocycles. The number of aryl methyl sites for hydroxylation is 1. The first-order valence-electron chi connectivity index (χ1n) is 5.22. The summed E-state index contributed by atoms with van der Waals surface area (Å²) in [5.41, 5.74) is 11.6. The zero-order valence-electron chi connectivity index (χ0n) is 9.27. The molecule has 90 valence electrons. The van der Waals surface area contributed by atoms with E-state index in [9.17, 15) is 10.1 Å². The van der Waals surface area contributed by atoms with Crippen molar-refractivity contribution in [2.45, 2.75) is 32.2 Å². The van der Waals surface area contributed by atoms with Gasteiger partial charge in [0.05, 0.1) is 6.04 Å². The highest BCUT2D eigenvalue weighted by Crippen LogP contribution is 2.24. The van der Waals surface area contributed by atoms with Crippen LogP contribution < -0.4 is 11.5 Å². The lowest BCUT2D eigenvalue weighted by atomic mass is 10.1. The summed E-state index contributed by atoms with van der Waals surface area (Å²) >= 11 is 0. The number of hydrogen-bond donors (Lipinski definition) is 3. The Bertz CT molecular complexity index is 363. The summed E-state index contributed by atoms with van der Waals surface area (Å²) in [6.07, 6.45) is 2.37. The minimum atomic E-state index is -0.488. The van der Waals surface area contributed by atoms with Crippen LogP contribution in [0.4, 0.5) is 5.82 Å². The summed E-state index contributed by atoms with van der Waals surface area (Å²) in [7, 11) is 0. The van der Waals surface area contributed by atoms with Crippen LogP contribution in [0.1, 0.15) is 36.8 Å². The van der Waals surface area contributed by atoms with Crippen LogP contribution in [0.25, 0.3) is 0 Å². The van der Waals surface area contributed by atoms with Crippen molar-refractivity contribution in [3.05, 3.63) is 21.6 Å². The van der Waals surface area contributed by atoms with E-state index in [1.807, 2.05) is 0 Å². The van der Waals surface area contributed by atoms with Gasteiger partial charge in [-0.3, -0.25) is 0 Å². The SMILES string of the molecule is Cc1nc(C(N)CCCCN)c([N+](=O)[O-])[nH]1. The molecule has 1 atom stereocenters. The molecule has 1 unspecified atom stereocenters. The number of rotatable bonds is 6. The lowest BCUT2D eigenvalue weighted by Crippen LogP contribution is -2.13. The molecule has 0 aliphatic rings. The molecule has 0 saturated carbocycles. The van der Waals surface area contributed by atoms with Crippen LogP contribution in [0.15, 0.2) is 0 Å². The Kier molecular flexibility index (Phi) is 4.39. The maximum atomic E-state index is 10.7. The van der Waals surface area contributed by atoms with Gasteiger partial charge in [-0.25, -0.2) is 9.97 Å². The van der Waals surface area contributed by atoms with E-state index >= 15 is 0 Å². The zero-order chi connectivity index (χ0) is 12.1. The fraction of sp³-hybridized carbons (Fsp3) is 0.667. The lowest BCUT2D eigenvalue weighted by molar-refractivity contribution is -0.390. The molecular weight excluding hydrogens is 210 g/mol. The molecule has 16 heavy (non-hydrogen) atoms. The van der Waals surface area contributed by atoms with Crippen molar-refractivity contribution in [1.82, 2.24) is 9.97 Å². The lowest BCUT2D eigenvalue weighted by Gasteiger charge is -2.07. The smallest absolute Gasteiger partial charge is 0.345 e. The number of nitrogens with two attached hydrogens (primary N) is 2. The average Bonchev–Trinajstić information content (AvgIpc) is 2.61. The number of hydrogen-bond acceptors (Lipinski definition) is 5. The number of aromatic nitrogens is 2. The Hall–Kier alpha value is -1.47. The second-order valence-corrected chi connectivity index (χ2v) is 3.70. The van der Waals surface area contributed by atoms with Gasteiger partial charge in [-0.2, -0.15) is 0 Å². The summed E-state index contributed by atoms with van der Waals surface area (Å²) < 4.78 is 0. The van der Waals surface area contributed by atoms with E-state index in [2.05, 4.69) is 9.97 Å². The number of imidazole rings is 1. The molecule has 0 aromatic carbocycles. The molecule has 1 heterocycles. The van der Waals surface area contributed by atoms with Crippen LogP contribution in [-0.4, -0.2) is 21.4 Å². The van der Waals surface area contributed by atoms with Gasteiger partial charge in [-0.1, -0.05) is 6.42 Å². The second kappa shape index (κ2) is 5.57. The van der Waals surface area contributed by atoms with Gasteiger partial charge in [-0.05, 0) is 24.3 Å². The Balaban J connectivity index is 2.73. The summed E-state index contributed by atoms with van der Waals surface area (Å²) in [5, 5.41) is 10.7. The van der Waals surface area contributed by atoms with Crippen molar-refractivity contribution in [1.29, 1.82) is 0 Å². The molecule has 0 aliphatic carbocycles. The number of H-pyrrole nitrogens is 1. The van der Waals surface area contributed by atoms with Crippen molar-refractivity contribution >= 4 is 5.82 Å². The van der Waals surface area contributed by atoms with E-state index in [1.165, 1.54) is 0 Å². The predicted molar refractivity (Wildman–Crippen MR) is 59.8 cm³/mol. The molecule has 1 rings (SSSR count). The maximum Gasteiger partial charge on any atom is 0.345 e. The van der Waals surface area contributed by atoms with E-state index in [0.29, 0.717) is 24.5 Å². The van der Waals surface area contributed by atoms with E-state index < -0.39 is 11.0 Å². The van der Waals surface area contributed by atoms with Crippen molar-refractivity contribution < 1.29 is 4.92 Å². The molecule has 5 N–H and O–H groups in total. The predicted octanol–water partition coefficient (Wildman–Crippen LogP) is 0.755. The molecule has 0 saturated heterocycles. The molecule has 0 amide bonds. The second-order valence-electron chi connectivity index (χ2n) is 3.70. The minimum Gasteiger partial charge on any atom is -0.358 e. The van der Waals surface area contributed by atoms with Crippen molar-refractivity contribution in [2.75, 3.05) is 6.54 Å². The molecule has 1 aromatic rings. The maximum absolute atomic E-state index is 10.7. The van der Waals surface area contributed by atoms with Crippen LogP contribution in [0.5, 0.6) is 0 Å². The third-order valence-corrected chi connectivity index (χ3v) is 2.33. The summed E-state index contributed by atoms with van der Waals surface area (Å²) in [5.74, 6) is 0.411. The number of nitrogens with zero attached hydrogens (tertiary/aromatic N) is 2. The van der Waals surface area contributed by atoms with Crippen LogP contribution >= 0.6 is 0 Å². The number of nitrogens with one attached hydrogen (secondary N) is 1. The van der Waals surface area contributed by atoms with Crippen LogP contribution in [0, 0.1) is 17.0 Å². The topological polar surface area (TPSA) is 124 Å². The number of nitro groups is 1. The van der Waals surface area contributed by atoms with Gasteiger partial charge in [0.1, 0.15) is 0 Å². The standard InChI is InChI=1S/C9H17N5O2/c1-6-12-8(9(13-6)14(15)16)7(11)4-2-3-5-10/h7H,2-5,10-11H2,1H3,(H,12,13). The molecule has 1 aromatic heterocycles. The van der Waals surface area contributed by atoms with Crippen LogP contribution in [0.3, 0.4) is 0 Å². The van der Waals surface area contributed by atoms with Gasteiger partial charge in [0.25, 0.3) is 0 Å².